The molecule has 1 aliphatic rings. The first-order valence-corrected chi connectivity index (χ1v) is 4.71. The third-order valence-electron chi connectivity index (χ3n) is 2.28. The fraction of sp³-hybridized carbons (Fsp3) is 1.00. The van der Waals surface area contributed by atoms with E-state index in [1.54, 1.807) is 0 Å². The van der Waals surface area contributed by atoms with Gasteiger partial charge >= 0.3 is 21.1 Å². The maximum Gasteiger partial charge on any atom is 2.00 e. The normalized spacial score (nSPS) is 16.7. The van der Waals surface area contributed by atoms with E-state index in [1.165, 1.54) is 25.9 Å². The summed E-state index contributed by atoms with van der Waals surface area (Å²) in [6, 6.07) is 0. The van der Waals surface area contributed by atoms with Crippen molar-refractivity contribution in [2.45, 2.75) is 19.8 Å². The Kier molecular flexibility index (Phi) is 24.8. The van der Waals surface area contributed by atoms with Crippen LogP contribution in [0.5, 0.6) is 0 Å². The maximum absolute atomic E-state index is 4.92. The number of hydrogen-bond acceptors (Lipinski definition) is 2. The minimum absolute atomic E-state index is 0. The molecule has 4 N–H and O–H groups in total. The summed E-state index contributed by atoms with van der Waals surface area (Å²) in [7, 11) is 0. The topological polar surface area (TPSA) is 66.2 Å². The summed E-state index contributed by atoms with van der Waals surface area (Å²) in [5, 5.41) is 0. The molecule has 0 unspecified atom stereocenters. The van der Waals surface area contributed by atoms with E-state index < -0.39 is 0 Å². The van der Waals surface area contributed by atoms with Gasteiger partial charge in [-0.25, -0.2) is 0 Å². The molecule has 0 aromatic rings. The number of nitrogens with zero attached hydrogens (tertiary/aromatic N) is 1. The van der Waals surface area contributed by atoms with Crippen molar-refractivity contribution in [1.29, 1.82) is 0 Å². The van der Waals surface area contributed by atoms with Gasteiger partial charge in [0.25, 0.3) is 0 Å². The fourth-order valence-electron chi connectivity index (χ4n) is 1.41. The van der Waals surface area contributed by atoms with Crippen LogP contribution in [0.1, 0.15) is 19.8 Å². The van der Waals surface area contributed by atoms with E-state index in [9.17, 15) is 0 Å². The molecule has 1 aliphatic heterocycles. The molecule has 0 aromatic carbocycles. The van der Waals surface area contributed by atoms with Crippen LogP contribution in [0, 0.1) is 5.92 Å². The van der Waals surface area contributed by atoms with Gasteiger partial charge in [0, 0.05) is 0 Å². The summed E-state index contributed by atoms with van der Waals surface area (Å²) in [5.41, 5.74) is 0. The number of halogens is 1. The van der Waals surface area contributed by atoms with Gasteiger partial charge in [0.2, 0.25) is 0 Å². The Bertz CT molecular complexity index is 105. The molecule has 14 heavy (non-hydrogen) atoms. The molecule has 6 heteroatoms. The minimum atomic E-state index is 0. The molecule has 92 valence electrons. The Morgan fingerprint density at radius 2 is 1.64 bits per heavy atom. The van der Waals surface area contributed by atoms with E-state index in [4.69, 9.17) is 12.6 Å². The van der Waals surface area contributed by atoms with Crippen LogP contribution in [0.15, 0.2) is 0 Å². The van der Waals surface area contributed by atoms with Gasteiger partial charge in [-0.3, -0.25) is 0 Å². The van der Waals surface area contributed by atoms with Gasteiger partial charge < -0.3 is 40.9 Å². The molecule has 1 rings (SSSR count). The molecule has 0 aromatic heterocycles. The van der Waals surface area contributed by atoms with Gasteiger partial charge in [0.05, 0.1) is 0 Å². The molecule has 1 heterocycles. The molecule has 0 amide bonds. The Labute approximate surface area is 113 Å². The second-order valence-corrected chi connectivity index (χ2v) is 3.64. The summed E-state index contributed by atoms with van der Waals surface area (Å²) in [6.07, 6.45) is 2.74. The van der Waals surface area contributed by atoms with E-state index in [-0.39, 0.29) is 44.4 Å². The van der Waals surface area contributed by atoms with Gasteiger partial charge in [-0.15, -0.1) is 0 Å². The molecule has 0 bridgehead atoms. The largest absolute Gasteiger partial charge is 2.00 e. The van der Waals surface area contributed by atoms with E-state index in [2.05, 4.69) is 11.8 Å². The van der Waals surface area contributed by atoms with Gasteiger partial charge in [0.15, 0.2) is 0 Å². The van der Waals surface area contributed by atoms with Gasteiger partial charge in [-0.2, -0.15) is 5.75 Å². The summed E-state index contributed by atoms with van der Waals surface area (Å²) in [5.74, 6) is 1.84. The predicted molar refractivity (Wildman–Crippen MR) is 54.3 cm³/mol. The Hall–Kier alpha value is 1.21. The SMILES string of the molecule is CC1CCN(CC[S-])CC1.O.O.[Cl-].[Pt+2]. The molecular formula is C8H20ClNO2PtS. The summed E-state index contributed by atoms with van der Waals surface area (Å²) < 4.78 is 0. The smallest absolute Gasteiger partial charge is 1.00 e. The average Bonchev–Trinajstić information content (AvgIpc) is 1.95. The summed E-state index contributed by atoms with van der Waals surface area (Å²) in [4.78, 5) is 2.48. The number of likely N-dealkylation sites (tertiary alicyclic amines) is 1. The molecule has 1 fully saturated rings. The van der Waals surface area contributed by atoms with Crippen molar-refractivity contribution in [3.05, 3.63) is 0 Å². The van der Waals surface area contributed by atoms with Crippen molar-refractivity contribution >= 4 is 12.6 Å². The first-order chi connectivity index (χ1) is 4.83. The van der Waals surface area contributed by atoms with Crippen molar-refractivity contribution in [2.75, 3.05) is 25.4 Å². The van der Waals surface area contributed by atoms with E-state index >= 15 is 0 Å². The van der Waals surface area contributed by atoms with E-state index in [0.717, 1.165) is 18.2 Å². The zero-order valence-corrected chi connectivity index (χ0v) is 12.2. The molecule has 0 saturated carbocycles. The molecule has 0 radical (unpaired) electrons. The first kappa shape index (κ1) is 24.4. The zero-order valence-electron chi connectivity index (χ0n) is 8.37. The van der Waals surface area contributed by atoms with Crippen molar-refractivity contribution in [3.63, 3.8) is 0 Å². The number of hydrogen-bond donors (Lipinski definition) is 0. The summed E-state index contributed by atoms with van der Waals surface area (Å²) >= 11 is 4.92. The quantitative estimate of drug-likeness (QED) is 0.434. The minimum Gasteiger partial charge on any atom is -1.00 e. The van der Waals surface area contributed by atoms with Crippen LogP contribution in [0.4, 0.5) is 0 Å². The van der Waals surface area contributed by atoms with Crippen LogP contribution >= 0.6 is 0 Å². The van der Waals surface area contributed by atoms with Crippen molar-refractivity contribution < 1.29 is 44.4 Å². The Balaban J connectivity index is -0.000000125. The van der Waals surface area contributed by atoms with Gasteiger partial charge in [-0.1, -0.05) is 6.92 Å². The van der Waals surface area contributed by atoms with Gasteiger partial charge in [-0.05, 0) is 38.4 Å². The first-order valence-electron chi connectivity index (χ1n) is 4.13. The van der Waals surface area contributed by atoms with E-state index in [1.807, 2.05) is 0 Å². The fourth-order valence-corrected chi connectivity index (χ4v) is 1.67. The van der Waals surface area contributed by atoms with E-state index in [0.29, 0.717) is 0 Å². The van der Waals surface area contributed by atoms with Crippen molar-refractivity contribution in [1.82, 2.24) is 4.90 Å². The third-order valence-corrected chi connectivity index (χ3v) is 2.47. The van der Waals surface area contributed by atoms with Crippen LogP contribution in [0.25, 0.3) is 0 Å². The Morgan fingerprint density at radius 1 is 1.21 bits per heavy atom. The van der Waals surface area contributed by atoms with Crippen LogP contribution < -0.4 is 12.4 Å². The molecular weight excluding hydrogens is 405 g/mol. The monoisotopic (exact) mass is 424 g/mol. The number of piperidine rings is 1. The zero-order chi connectivity index (χ0) is 7.40. The van der Waals surface area contributed by atoms with Crippen LogP contribution in [-0.2, 0) is 33.7 Å². The molecule has 0 spiro atoms. The van der Waals surface area contributed by atoms with Crippen LogP contribution in [-0.4, -0.2) is 41.2 Å². The second kappa shape index (κ2) is 14.2. The molecule has 0 atom stereocenters. The average molecular weight is 425 g/mol. The molecule has 1 saturated heterocycles. The third kappa shape index (κ3) is 9.75. The molecule has 3 nitrogen and oxygen atoms in total. The standard InChI is InChI=1S/C8H17NS.ClH.2H2O.Pt/c1-8-2-4-9(5-3-8)6-7-10;;;;/h8,10H,2-7H2,1H3;1H;2*1H2;/q;;;;+2/p-2. The van der Waals surface area contributed by atoms with Crippen molar-refractivity contribution in [2.24, 2.45) is 5.92 Å². The number of rotatable bonds is 2. The van der Waals surface area contributed by atoms with Crippen LogP contribution in [0.2, 0.25) is 0 Å². The van der Waals surface area contributed by atoms with Gasteiger partial charge in [0.1, 0.15) is 0 Å². The van der Waals surface area contributed by atoms with Crippen molar-refractivity contribution in [3.8, 4) is 0 Å². The maximum atomic E-state index is 4.92. The predicted octanol–water partition coefficient (Wildman–Crippen LogP) is -3.38. The Morgan fingerprint density at radius 3 is 2.00 bits per heavy atom. The second-order valence-electron chi connectivity index (χ2n) is 3.23. The molecule has 0 aliphatic carbocycles. The summed E-state index contributed by atoms with van der Waals surface area (Å²) in [6.45, 7) is 6.02. The van der Waals surface area contributed by atoms with Crippen LogP contribution in [0.3, 0.4) is 0 Å².